The first kappa shape index (κ1) is 14.5. The molecule has 4 nitrogen and oxygen atoms in total. The van der Waals surface area contributed by atoms with Crippen LogP contribution in [0, 0.1) is 6.92 Å². The first-order chi connectivity index (χ1) is 9.00. The Balaban J connectivity index is 2.20. The molecule has 1 unspecified atom stereocenters. The molecule has 1 aliphatic rings. The lowest BCUT2D eigenvalue weighted by molar-refractivity contribution is -0.123. The number of hydrogen-bond donors (Lipinski definition) is 1. The predicted molar refractivity (Wildman–Crippen MR) is 81.6 cm³/mol. The summed E-state index contributed by atoms with van der Waals surface area (Å²) in [6, 6.07) is 5.91. The fourth-order valence-corrected chi connectivity index (χ4v) is 2.72. The highest BCUT2D eigenvalue weighted by atomic mass is 79.9. The third-order valence-electron chi connectivity index (χ3n) is 3.66. The highest BCUT2D eigenvalue weighted by Crippen LogP contribution is 2.24. The van der Waals surface area contributed by atoms with E-state index in [0.717, 1.165) is 28.8 Å². The Morgan fingerprint density at radius 2 is 2.26 bits per heavy atom. The van der Waals surface area contributed by atoms with Gasteiger partial charge in [-0.25, -0.2) is 0 Å². The van der Waals surface area contributed by atoms with Crippen LogP contribution in [0.3, 0.4) is 0 Å². The molecule has 5 heteroatoms. The molecule has 19 heavy (non-hydrogen) atoms. The number of piperazine rings is 1. The Labute approximate surface area is 122 Å². The average Bonchev–Trinajstić information content (AvgIpc) is 2.40. The van der Waals surface area contributed by atoms with Crippen molar-refractivity contribution in [3.05, 3.63) is 28.2 Å². The first-order valence-corrected chi connectivity index (χ1v) is 7.24. The van der Waals surface area contributed by atoms with Crippen molar-refractivity contribution in [2.75, 3.05) is 38.6 Å². The number of benzene rings is 1. The summed E-state index contributed by atoms with van der Waals surface area (Å²) in [6.45, 7) is 4.59. The van der Waals surface area contributed by atoms with Gasteiger partial charge in [0.25, 0.3) is 0 Å². The number of anilines is 1. The number of carbonyl (C=O) groups is 1. The van der Waals surface area contributed by atoms with Gasteiger partial charge in [-0.2, -0.15) is 0 Å². The number of hydrogen-bond acceptors (Lipinski definition) is 3. The van der Waals surface area contributed by atoms with E-state index in [4.69, 9.17) is 0 Å². The Morgan fingerprint density at radius 3 is 2.95 bits per heavy atom. The van der Waals surface area contributed by atoms with E-state index in [9.17, 15) is 4.79 Å². The molecule has 1 aromatic carbocycles. The third-order valence-corrected chi connectivity index (χ3v) is 4.15. The highest BCUT2D eigenvalue weighted by Gasteiger charge is 2.29. The van der Waals surface area contributed by atoms with Gasteiger partial charge in [0.2, 0.25) is 5.91 Å². The molecule has 1 fully saturated rings. The normalized spacial score (nSPS) is 20.3. The molecule has 0 radical (unpaired) electrons. The van der Waals surface area contributed by atoms with Crippen LogP contribution in [0.5, 0.6) is 0 Å². The summed E-state index contributed by atoms with van der Waals surface area (Å²) in [5, 5.41) is 3.28. The van der Waals surface area contributed by atoms with Crippen LogP contribution in [0.25, 0.3) is 0 Å². The van der Waals surface area contributed by atoms with E-state index in [1.807, 2.05) is 39.2 Å². The second kappa shape index (κ2) is 6.03. The van der Waals surface area contributed by atoms with E-state index in [1.165, 1.54) is 0 Å². The van der Waals surface area contributed by atoms with Crippen LogP contribution in [0.2, 0.25) is 0 Å². The molecule has 0 spiro atoms. The zero-order valence-corrected chi connectivity index (χ0v) is 13.2. The van der Waals surface area contributed by atoms with Crippen LogP contribution >= 0.6 is 15.9 Å². The van der Waals surface area contributed by atoms with Crippen molar-refractivity contribution in [3.8, 4) is 0 Å². The minimum atomic E-state index is -0.0860. The highest BCUT2D eigenvalue weighted by molar-refractivity contribution is 9.10. The summed E-state index contributed by atoms with van der Waals surface area (Å²) in [7, 11) is 3.85. The van der Waals surface area contributed by atoms with Gasteiger partial charge >= 0.3 is 0 Å². The number of nitrogens with zero attached hydrogens (tertiary/aromatic N) is 2. The van der Waals surface area contributed by atoms with Crippen molar-refractivity contribution in [2.45, 2.75) is 13.0 Å². The molecule has 0 aliphatic carbocycles. The van der Waals surface area contributed by atoms with Gasteiger partial charge in [-0.05, 0) is 31.7 Å². The number of aryl methyl sites for hydroxylation is 1. The largest absolute Gasteiger partial charge is 0.314 e. The summed E-state index contributed by atoms with van der Waals surface area (Å²) < 4.78 is 0.989. The summed E-state index contributed by atoms with van der Waals surface area (Å²) in [6.07, 6.45) is 0. The van der Waals surface area contributed by atoms with Gasteiger partial charge in [0.05, 0.1) is 0 Å². The molecule has 1 N–H and O–H groups in total. The molecule has 0 bridgehead atoms. The average molecular weight is 326 g/mol. The molecule has 1 heterocycles. The monoisotopic (exact) mass is 325 g/mol. The maximum atomic E-state index is 12.6. The summed E-state index contributed by atoms with van der Waals surface area (Å²) in [5.41, 5.74) is 2.06. The fourth-order valence-electron chi connectivity index (χ4n) is 2.37. The molecule has 1 aromatic rings. The number of likely N-dealkylation sites (N-methyl/N-ethyl adjacent to an activating group) is 2. The van der Waals surface area contributed by atoms with Gasteiger partial charge in [0, 0.05) is 36.8 Å². The van der Waals surface area contributed by atoms with Gasteiger partial charge in [0.15, 0.2) is 0 Å². The van der Waals surface area contributed by atoms with Crippen LogP contribution in [0.1, 0.15) is 5.56 Å². The number of halogens is 1. The molecular formula is C14H20BrN3O. The lowest BCUT2D eigenvalue weighted by Gasteiger charge is -2.34. The van der Waals surface area contributed by atoms with Crippen molar-refractivity contribution in [3.63, 3.8) is 0 Å². The SMILES string of the molecule is Cc1ccc(Br)cc1N(C)C(=O)C1CNCCN1C. The van der Waals surface area contributed by atoms with Crippen molar-refractivity contribution in [1.29, 1.82) is 0 Å². The maximum absolute atomic E-state index is 12.6. The summed E-state index contributed by atoms with van der Waals surface area (Å²) >= 11 is 3.46. The summed E-state index contributed by atoms with van der Waals surface area (Å²) in [5.74, 6) is 0.135. The number of rotatable bonds is 2. The van der Waals surface area contributed by atoms with Crippen LogP contribution in [-0.2, 0) is 4.79 Å². The van der Waals surface area contributed by atoms with Crippen LogP contribution in [0.15, 0.2) is 22.7 Å². The lowest BCUT2D eigenvalue weighted by Crippen LogP contribution is -2.56. The predicted octanol–water partition coefficient (Wildman–Crippen LogP) is 1.62. The fraction of sp³-hybridized carbons (Fsp3) is 0.500. The minimum absolute atomic E-state index is 0.0860. The quantitative estimate of drug-likeness (QED) is 0.897. The Morgan fingerprint density at radius 1 is 1.53 bits per heavy atom. The molecule has 0 aromatic heterocycles. The third kappa shape index (κ3) is 3.16. The number of nitrogens with one attached hydrogen (secondary N) is 1. The zero-order chi connectivity index (χ0) is 14.0. The van der Waals surface area contributed by atoms with E-state index in [-0.39, 0.29) is 11.9 Å². The van der Waals surface area contributed by atoms with Crippen LogP contribution in [0.4, 0.5) is 5.69 Å². The van der Waals surface area contributed by atoms with Crippen molar-refractivity contribution in [1.82, 2.24) is 10.2 Å². The smallest absolute Gasteiger partial charge is 0.245 e. The molecule has 1 amide bonds. The summed E-state index contributed by atoms with van der Waals surface area (Å²) in [4.78, 5) is 16.5. The van der Waals surface area contributed by atoms with Gasteiger partial charge in [-0.15, -0.1) is 0 Å². The van der Waals surface area contributed by atoms with E-state index in [1.54, 1.807) is 4.90 Å². The first-order valence-electron chi connectivity index (χ1n) is 6.45. The lowest BCUT2D eigenvalue weighted by atomic mass is 10.1. The standard InChI is InChI=1S/C14H20BrN3O/c1-10-4-5-11(15)8-12(10)18(3)14(19)13-9-16-6-7-17(13)2/h4-5,8,13,16H,6-7,9H2,1-3H3. The Bertz CT molecular complexity index is 478. The van der Waals surface area contributed by atoms with E-state index < -0.39 is 0 Å². The maximum Gasteiger partial charge on any atom is 0.245 e. The molecule has 2 rings (SSSR count). The molecule has 0 saturated carbocycles. The minimum Gasteiger partial charge on any atom is -0.314 e. The van der Waals surface area contributed by atoms with Gasteiger partial charge < -0.3 is 10.2 Å². The van der Waals surface area contributed by atoms with Gasteiger partial charge in [-0.3, -0.25) is 9.69 Å². The second-order valence-corrected chi connectivity index (χ2v) is 5.94. The van der Waals surface area contributed by atoms with Crippen LogP contribution < -0.4 is 10.2 Å². The molecule has 1 saturated heterocycles. The molecule has 1 atom stereocenters. The molecule has 104 valence electrons. The number of carbonyl (C=O) groups excluding carboxylic acids is 1. The van der Waals surface area contributed by atoms with Crippen molar-refractivity contribution in [2.24, 2.45) is 0 Å². The van der Waals surface area contributed by atoms with E-state index >= 15 is 0 Å². The second-order valence-electron chi connectivity index (χ2n) is 5.03. The number of amides is 1. The van der Waals surface area contributed by atoms with Crippen molar-refractivity contribution < 1.29 is 4.79 Å². The van der Waals surface area contributed by atoms with Crippen molar-refractivity contribution >= 4 is 27.5 Å². The van der Waals surface area contributed by atoms with Gasteiger partial charge in [-0.1, -0.05) is 22.0 Å². The molecule has 1 aliphatic heterocycles. The Kier molecular flexibility index (Phi) is 4.60. The van der Waals surface area contributed by atoms with E-state index in [0.29, 0.717) is 6.54 Å². The topological polar surface area (TPSA) is 35.6 Å². The zero-order valence-electron chi connectivity index (χ0n) is 11.6. The Hall–Kier alpha value is -0.910. The van der Waals surface area contributed by atoms with E-state index in [2.05, 4.69) is 26.1 Å². The van der Waals surface area contributed by atoms with Crippen LogP contribution in [-0.4, -0.2) is 50.6 Å². The molecular weight excluding hydrogens is 306 g/mol. The van der Waals surface area contributed by atoms with Gasteiger partial charge in [0.1, 0.15) is 6.04 Å².